The zero-order chi connectivity index (χ0) is 27.7. The molecule has 0 spiro atoms. The molecule has 9 heteroatoms. The van der Waals surface area contributed by atoms with Crippen LogP contribution in [0.25, 0.3) is 0 Å². The Kier molecular flexibility index (Phi) is 11.0. The number of nitrogens with zero attached hydrogens (tertiary/aromatic N) is 1. The number of methoxy groups -OCH3 is 4. The summed E-state index contributed by atoms with van der Waals surface area (Å²) in [5.74, 6) is 2.08. The number of hydrogen-bond acceptors (Lipinski definition) is 6. The van der Waals surface area contributed by atoms with Gasteiger partial charge in [-0.1, -0.05) is 19.1 Å². The maximum Gasteiger partial charge on any atom is 0.247 e. The van der Waals surface area contributed by atoms with Crippen molar-refractivity contribution in [3.63, 3.8) is 0 Å². The Morgan fingerprint density at radius 1 is 0.895 bits per heavy atom. The lowest BCUT2D eigenvalue weighted by molar-refractivity contribution is -0.139. The van der Waals surface area contributed by atoms with Crippen molar-refractivity contribution in [2.75, 3.05) is 40.9 Å². The van der Waals surface area contributed by atoms with E-state index < -0.39 is 6.04 Å². The smallest absolute Gasteiger partial charge is 0.247 e. The van der Waals surface area contributed by atoms with Crippen LogP contribution >= 0.6 is 11.6 Å². The van der Waals surface area contributed by atoms with E-state index in [1.165, 1.54) is 0 Å². The average molecular weight is 547 g/mol. The van der Waals surface area contributed by atoms with Gasteiger partial charge in [0.05, 0.1) is 28.4 Å². The maximum atomic E-state index is 13.8. The van der Waals surface area contributed by atoms with Gasteiger partial charge in [-0.25, -0.2) is 0 Å². The maximum absolute atomic E-state index is 13.8. The van der Waals surface area contributed by atoms with Crippen molar-refractivity contribution >= 4 is 23.4 Å². The molecule has 2 aromatic carbocycles. The van der Waals surface area contributed by atoms with E-state index >= 15 is 0 Å². The number of halogens is 1. The quantitative estimate of drug-likeness (QED) is 0.386. The molecule has 1 fully saturated rings. The van der Waals surface area contributed by atoms with Gasteiger partial charge < -0.3 is 29.2 Å². The Morgan fingerprint density at radius 3 is 2.05 bits per heavy atom. The van der Waals surface area contributed by atoms with E-state index in [1.54, 1.807) is 51.5 Å². The summed E-state index contributed by atoms with van der Waals surface area (Å²) in [5, 5.41) is 3.21. The standard InChI is InChI=1S/C29H39ClN2O6/c1-19-6-10-22(11-7-19)31-29(34)28(21-9-13-24(36-3)26(17-21)38-5)32(27(33)18-30)15-14-20-8-12-23(35-2)25(16-20)37-4/h8-9,12-13,16-17,19,22,28H,6-7,10-11,14-15,18H2,1-5H3,(H,31,34). The average Bonchev–Trinajstić information content (AvgIpc) is 2.95. The van der Waals surface area contributed by atoms with Gasteiger partial charge in [-0.15, -0.1) is 11.6 Å². The Balaban J connectivity index is 1.95. The predicted molar refractivity (Wildman–Crippen MR) is 148 cm³/mol. The van der Waals surface area contributed by atoms with Gasteiger partial charge in [0.2, 0.25) is 11.8 Å². The van der Waals surface area contributed by atoms with Gasteiger partial charge in [-0.2, -0.15) is 0 Å². The third-order valence-electron chi connectivity index (χ3n) is 7.17. The molecule has 1 aliphatic rings. The molecule has 1 N–H and O–H groups in total. The van der Waals surface area contributed by atoms with Crippen LogP contribution in [0.15, 0.2) is 36.4 Å². The van der Waals surface area contributed by atoms with E-state index in [9.17, 15) is 9.59 Å². The monoisotopic (exact) mass is 546 g/mol. The van der Waals surface area contributed by atoms with Gasteiger partial charge in [0.15, 0.2) is 23.0 Å². The normalized spacial score (nSPS) is 17.7. The molecule has 0 bridgehead atoms. The molecule has 2 aromatic rings. The fraction of sp³-hybridized carbons (Fsp3) is 0.517. The molecular weight excluding hydrogens is 508 g/mol. The molecule has 2 amide bonds. The second-order valence-corrected chi connectivity index (χ2v) is 9.91. The lowest BCUT2D eigenvalue weighted by Crippen LogP contribution is -2.48. The molecule has 0 aliphatic heterocycles. The van der Waals surface area contributed by atoms with Gasteiger partial charge in [-0.3, -0.25) is 9.59 Å². The molecular formula is C29H39ClN2O6. The van der Waals surface area contributed by atoms with Crippen molar-refractivity contribution in [3.05, 3.63) is 47.5 Å². The van der Waals surface area contributed by atoms with Crippen molar-refractivity contribution in [1.29, 1.82) is 0 Å². The third kappa shape index (κ3) is 7.25. The first kappa shape index (κ1) is 29.4. The number of rotatable bonds is 12. The van der Waals surface area contributed by atoms with Crippen LogP contribution in [-0.4, -0.2) is 63.6 Å². The summed E-state index contributed by atoms with van der Waals surface area (Å²) in [6.07, 6.45) is 4.45. The molecule has 0 saturated heterocycles. The number of hydrogen-bond donors (Lipinski definition) is 1. The molecule has 1 aliphatic carbocycles. The van der Waals surface area contributed by atoms with Crippen LogP contribution in [0.4, 0.5) is 0 Å². The number of alkyl halides is 1. The SMILES string of the molecule is COc1ccc(CCN(C(=O)CCl)C(C(=O)NC2CCC(C)CC2)c2ccc(OC)c(OC)c2)cc1OC. The minimum atomic E-state index is -0.888. The van der Waals surface area contributed by atoms with Crippen LogP contribution in [0.2, 0.25) is 0 Å². The van der Waals surface area contributed by atoms with Crippen molar-refractivity contribution in [2.45, 2.75) is 51.1 Å². The minimum Gasteiger partial charge on any atom is -0.493 e. The summed E-state index contributed by atoms with van der Waals surface area (Å²) in [6.45, 7) is 2.51. The Labute approximate surface area is 230 Å². The number of nitrogens with one attached hydrogen (secondary N) is 1. The van der Waals surface area contributed by atoms with Gasteiger partial charge in [-0.05, 0) is 73.4 Å². The molecule has 0 heterocycles. The Morgan fingerprint density at radius 2 is 1.47 bits per heavy atom. The molecule has 0 radical (unpaired) electrons. The summed E-state index contributed by atoms with van der Waals surface area (Å²) in [4.78, 5) is 28.6. The highest BCUT2D eigenvalue weighted by atomic mass is 35.5. The van der Waals surface area contributed by atoms with E-state index in [0.717, 1.165) is 31.2 Å². The number of carbonyl (C=O) groups is 2. The highest BCUT2D eigenvalue weighted by Crippen LogP contribution is 2.34. The van der Waals surface area contributed by atoms with E-state index in [2.05, 4.69) is 12.2 Å². The fourth-order valence-corrected chi connectivity index (χ4v) is 5.09. The van der Waals surface area contributed by atoms with Gasteiger partial charge in [0.1, 0.15) is 11.9 Å². The van der Waals surface area contributed by atoms with E-state index in [4.69, 9.17) is 30.5 Å². The number of carbonyl (C=O) groups excluding carboxylic acids is 2. The molecule has 1 atom stereocenters. The van der Waals surface area contributed by atoms with Crippen LogP contribution < -0.4 is 24.3 Å². The lowest BCUT2D eigenvalue weighted by Gasteiger charge is -2.34. The highest BCUT2D eigenvalue weighted by Gasteiger charge is 2.33. The van der Waals surface area contributed by atoms with E-state index in [0.29, 0.717) is 40.9 Å². The predicted octanol–water partition coefficient (Wildman–Crippen LogP) is 4.77. The second kappa shape index (κ2) is 14.1. The van der Waals surface area contributed by atoms with Crippen molar-refractivity contribution in [3.8, 4) is 23.0 Å². The Hall–Kier alpha value is -3.13. The van der Waals surface area contributed by atoms with Crippen molar-refractivity contribution < 1.29 is 28.5 Å². The summed E-state index contributed by atoms with van der Waals surface area (Å²) in [6, 6.07) is 10.1. The highest BCUT2D eigenvalue weighted by molar-refractivity contribution is 6.27. The molecule has 8 nitrogen and oxygen atoms in total. The fourth-order valence-electron chi connectivity index (χ4n) is 4.94. The molecule has 38 heavy (non-hydrogen) atoms. The van der Waals surface area contributed by atoms with Gasteiger partial charge >= 0.3 is 0 Å². The van der Waals surface area contributed by atoms with Crippen molar-refractivity contribution in [2.24, 2.45) is 5.92 Å². The minimum absolute atomic E-state index is 0.0696. The first-order valence-corrected chi connectivity index (χ1v) is 13.5. The van der Waals surface area contributed by atoms with E-state index in [1.807, 2.05) is 18.2 Å². The topological polar surface area (TPSA) is 86.3 Å². The zero-order valence-electron chi connectivity index (χ0n) is 22.9. The molecule has 1 saturated carbocycles. The summed E-state index contributed by atoms with van der Waals surface area (Å²) >= 11 is 6.06. The largest absolute Gasteiger partial charge is 0.493 e. The van der Waals surface area contributed by atoms with Crippen LogP contribution in [0.3, 0.4) is 0 Å². The van der Waals surface area contributed by atoms with Crippen LogP contribution in [0, 0.1) is 5.92 Å². The van der Waals surface area contributed by atoms with E-state index in [-0.39, 0.29) is 30.3 Å². The number of amides is 2. The first-order chi connectivity index (χ1) is 18.3. The molecule has 3 rings (SSSR count). The molecule has 0 aromatic heterocycles. The molecule has 208 valence electrons. The van der Waals surface area contributed by atoms with Crippen LogP contribution in [-0.2, 0) is 16.0 Å². The zero-order valence-corrected chi connectivity index (χ0v) is 23.7. The number of ether oxygens (including phenoxy) is 4. The summed E-state index contributed by atoms with van der Waals surface area (Å²) in [7, 11) is 6.25. The third-order valence-corrected chi connectivity index (χ3v) is 7.40. The number of benzene rings is 2. The second-order valence-electron chi connectivity index (χ2n) is 9.64. The first-order valence-electron chi connectivity index (χ1n) is 12.9. The summed E-state index contributed by atoms with van der Waals surface area (Å²) < 4.78 is 21.7. The summed E-state index contributed by atoms with van der Waals surface area (Å²) in [5.41, 5.74) is 1.55. The van der Waals surface area contributed by atoms with Crippen molar-refractivity contribution in [1.82, 2.24) is 10.2 Å². The van der Waals surface area contributed by atoms with Crippen LogP contribution in [0.1, 0.15) is 49.8 Å². The van der Waals surface area contributed by atoms with Gasteiger partial charge in [0.25, 0.3) is 0 Å². The van der Waals surface area contributed by atoms with Crippen LogP contribution in [0.5, 0.6) is 23.0 Å². The Bertz CT molecular complexity index is 1090. The van der Waals surface area contributed by atoms with Gasteiger partial charge in [0, 0.05) is 12.6 Å². The molecule has 1 unspecified atom stereocenters. The lowest BCUT2D eigenvalue weighted by atomic mass is 9.87.